The van der Waals surface area contributed by atoms with E-state index in [1.165, 1.54) is 5.56 Å². The van der Waals surface area contributed by atoms with Gasteiger partial charge in [-0.1, -0.05) is 29.4 Å². The first-order chi connectivity index (χ1) is 15.1. The molecule has 0 bridgehead atoms. The number of halogens is 2. The third kappa shape index (κ3) is 4.55. The van der Waals surface area contributed by atoms with E-state index in [-0.39, 0.29) is 18.0 Å². The summed E-state index contributed by atoms with van der Waals surface area (Å²) in [7, 11) is 0. The van der Waals surface area contributed by atoms with Crippen molar-refractivity contribution in [2.45, 2.75) is 22.3 Å². The summed E-state index contributed by atoms with van der Waals surface area (Å²) in [5, 5.41) is 0.726. The van der Waals surface area contributed by atoms with Gasteiger partial charge in [-0.25, -0.2) is 9.18 Å². The van der Waals surface area contributed by atoms with E-state index in [0.29, 0.717) is 19.7 Å². The lowest BCUT2D eigenvalue weighted by molar-refractivity contribution is 0.0887. The number of carbonyl (C=O) groups excluding carboxylic acids is 1. The molecule has 3 aliphatic rings. The van der Waals surface area contributed by atoms with Crippen LogP contribution in [0.4, 0.5) is 9.18 Å². The van der Waals surface area contributed by atoms with Crippen LogP contribution in [0.3, 0.4) is 0 Å². The van der Waals surface area contributed by atoms with Crippen LogP contribution in [-0.2, 0) is 11.2 Å². The highest BCUT2D eigenvalue weighted by atomic mass is 35.5. The van der Waals surface area contributed by atoms with Crippen LogP contribution in [-0.4, -0.2) is 73.2 Å². The van der Waals surface area contributed by atoms with Crippen molar-refractivity contribution < 1.29 is 13.9 Å². The van der Waals surface area contributed by atoms with Gasteiger partial charge in [-0.3, -0.25) is 9.80 Å². The molecule has 0 aromatic heterocycles. The Morgan fingerprint density at radius 1 is 1.03 bits per heavy atom. The van der Waals surface area contributed by atoms with Gasteiger partial charge in [-0.15, -0.1) is 0 Å². The first-order valence-electron chi connectivity index (χ1n) is 10.7. The van der Waals surface area contributed by atoms with Gasteiger partial charge in [-0.2, -0.15) is 0 Å². The molecule has 8 heteroatoms. The fourth-order valence-corrected chi connectivity index (χ4v) is 6.01. The Balaban J connectivity index is 1.30. The average Bonchev–Trinajstić information content (AvgIpc) is 3.11. The van der Waals surface area contributed by atoms with E-state index in [0.717, 1.165) is 59.5 Å². The molecule has 0 spiro atoms. The third-order valence-electron chi connectivity index (χ3n) is 6.37. The van der Waals surface area contributed by atoms with Crippen molar-refractivity contribution in [3.63, 3.8) is 0 Å². The van der Waals surface area contributed by atoms with E-state index < -0.39 is 0 Å². The number of amides is 1. The Kier molecular flexibility index (Phi) is 6.10. The lowest BCUT2D eigenvalue weighted by atomic mass is 9.96. The molecular weight excluding hydrogens is 437 g/mol. The van der Waals surface area contributed by atoms with Crippen molar-refractivity contribution in [1.82, 2.24) is 14.7 Å². The summed E-state index contributed by atoms with van der Waals surface area (Å²) < 4.78 is 19.2. The molecule has 2 aromatic rings. The van der Waals surface area contributed by atoms with Crippen LogP contribution in [0.15, 0.2) is 46.2 Å². The zero-order valence-electron chi connectivity index (χ0n) is 17.2. The first-order valence-corrected chi connectivity index (χ1v) is 11.9. The predicted molar refractivity (Wildman–Crippen MR) is 119 cm³/mol. The molecule has 3 aliphatic heterocycles. The van der Waals surface area contributed by atoms with E-state index in [9.17, 15) is 9.18 Å². The number of ether oxygens (including phenoxy) is 1. The molecule has 164 valence electrons. The van der Waals surface area contributed by atoms with Gasteiger partial charge in [-0.05, 0) is 47.9 Å². The maximum absolute atomic E-state index is 14.2. The van der Waals surface area contributed by atoms with Crippen LogP contribution < -0.4 is 0 Å². The Morgan fingerprint density at radius 3 is 2.65 bits per heavy atom. The predicted octanol–water partition coefficient (Wildman–Crippen LogP) is 4.30. The van der Waals surface area contributed by atoms with Gasteiger partial charge in [0.1, 0.15) is 12.4 Å². The van der Waals surface area contributed by atoms with Gasteiger partial charge in [0.25, 0.3) is 0 Å². The van der Waals surface area contributed by atoms with E-state index >= 15 is 0 Å². The molecule has 1 amide bonds. The van der Waals surface area contributed by atoms with Crippen LogP contribution in [0.25, 0.3) is 0 Å². The van der Waals surface area contributed by atoms with Gasteiger partial charge >= 0.3 is 6.09 Å². The summed E-state index contributed by atoms with van der Waals surface area (Å²) in [5.74, 6) is -0.190. The summed E-state index contributed by atoms with van der Waals surface area (Å²) in [4.78, 5) is 20.5. The van der Waals surface area contributed by atoms with Crippen LogP contribution in [0.5, 0.6) is 0 Å². The molecule has 5 rings (SSSR count). The Bertz CT molecular complexity index is 983. The number of fused-ring (bicyclic) bond motifs is 2. The molecular formula is C23H25ClFN3O2S. The number of hydrogen-bond donors (Lipinski definition) is 0. The highest BCUT2D eigenvalue weighted by Crippen LogP contribution is 2.44. The highest BCUT2D eigenvalue weighted by molar-refractivity contribution is 7.99. The van der Waals surface area contributed by atoms with Gasteiger partial charge in [0.05, 0.1) is 6.54 Å². The number of hydrogen-bond acceptors (Lipinski definition) is 5. The average molecular weight is 462 g/mol. The van der Waals surface area contributed by atoms with Crippen LogP contribution in [0, 0.1) is 5.82 Å². The second kappa shape index (κ2) is 8.98. The maximum atomic E-state index is 14.2. The molecule has 2 fully saturated rings. The minimum atomic E-state index is -0.202. The summed E-state index contributed by atoms with van der Waals surface area (Å²) in [6.07, 6.45) is 0.641. The third-order valence-corrected chi connectivity index (χ3v) is 7.80. The SMILES string of the molecule is O=C1OCCN1CCN1CCN(C2Cc3ccc(Cl)cc3Sc3ccc(F)cc32)CC1. The number of benzene rings is 2. The van der Waals surface area contributed by atoms with Gasteiger partial charge in [0.15, 0.2) is 0 Å². The lowest BCUT2D eigenvalue weighted by Gasteiger charge is -2.40. The fraction of sp³-hybridized carbons (Fsp3) is 0.435. The van der Waals surface area contributed by atoms with E-state index in [1.54, 1.807) is 28.8 Å². The van der Waals surface area contributed by atoms with Crippen molar-refractivity contribution in [3.8, 4) is 0 Å². The summed E-state index contributed by atoms with van der Waals surface area (Å²) in [6.45, 7) is 6.45. The second-order valence-electron chi connectivity index (χ2n) is 8.24. The zero-order valence-corrected chi connectivity index (χ0v) is 18.8. The smallest absolute Gasteiger partial charge is 0.409 e. The van der Waals surface area contributed by atoms with Crippen molar-refractivity contribution in [1.29, 1.82) is 0 Å². The van der Waals surface area contributed by atoms with Gasteiger partial charge < -0.3 is 9.64 Å². The van der Waals surface area contributed by atoms with E-state index in [2.05, 4.69) is 15.9 Å². The number of rotatable bonds is 4. The van der Waals surface area contributed by atoms with Gasteiger partial charge in [0, 0.05) is 60.1 Å². The molecule has 1 atom stereocenters. The van der Waals surface area contributed by atoms with Crippen molar-refractivity contribution in [2.24, 2.45) is 0 Å². The largest absolute Gasteiger partial charge is 0.448 e. The Labute approximate surface area is 191 Å². The van der Waals surface area contributed by atoms with Gasteiger partial charge in [0.2, 0.25) is 0 Å². The summed E-state index contributed by atoms with van der Waals surface area (Å²) in [6, 6.07) is 11.3. The van der Waals surface area contributed by atoms with Crippen molar-refractivity contribution in [2.75, 3.05) is 52.4 Å². The van der Waals surface area contributed by atoms with Crippen molar-refractivity contribution >= 4 is 29.5 Å². The van der Waals surface area contributed by atoms with E-state index in [4.69, 9.17) is 16.3 Å². The maximum Gasteiger partial charge on any atom is 0.409 e. The molecule has 0 aliphatic carbocycles. The quantitative estimate of drug-likeness (QED) is 0.678. The molecule has 31 heavy (non-hydrogen) atoms. The molecule has 0 radical (unpaired) electrons. The Morgan fingerprint density at radius 2 is 1.87 bits per heavy atom. The molecule has 3 heterocycles. The first kappa shape index (κ1) is 21.1. The topological polar surface area (TPSA) is 36.0 Å². The minimum Gasteiger partial charge on any atom is -0.448 e. The number of nitrogens with zero attached hydrogens (tertiary/aromatic N) is 3. The molecule has 1 unspecified atom stereocenters. The monoisotopic (exact) mass is 461 g/mol. The van der Waals surface area contributed by atoms with Crippen LogP contribution in [0.1, 0.15) is 17.2 Å². The van der Waals surface area contributed by atoms with Crippen molar-refractivity contribution in [3.05, 3.63) is 58.4 Å². The molecule has 2 aromatic carbocycles. The van der Waals surface area contributed by atoms with Crippen LogP contribution in [0.2, 0.25) is 5.02 Å². The molecule has 0 saturated carbocycles. The normalized spacial score (nSPS) is 22.1. The molecule has 5 nitrogen and oxygen atoms in total. The number of cyclic esters (lactones) is 1. The number of piperazine rings is 1. The van der Waals surface area contributed by atoms with E-state index in [1.807, 2.05) is 18.2 Å². The fourth-order valence-electron chi connectivity index (χ4n) is 4.62. The molecule has 0 N–H and O–H groups in total. The highest BCUT2D eigenvalue weighted by Gasteiger charge is 2.31. The lowest BCUT2D eigenvalue weighted by Crippen LogP contribution is -2.49. The zero-order chi connectivity index (χ0) is 21.4. The minimum absolute atomic E-state index is 0.135. The summed E-state index contributed by atoms with van der Waals surface area (Å²) >= 11 is 7.93. The van der Waals surface area contributed by atoms with Crippen LogP contribution >= 0.6 is 23.4 Å². The Hall–Kier alpha value is -1.80. The summed E-state index contributed by atoms with van der Waals surface area (Å²) in [5.41, 5.74) is 2.32. The second-order valence-corrected chi connectivity index (χ2v) is 9.76. The molecule has 2 saturated heterocycles. The standard InChI is InChI=1S/C23H25ClFN3O2S/c24-17-2-1-16-13-20(19-15-18(25)3-4-21(19)31-22(16)14-17)27-8-5-26(6-9-27)7-10-28-11-12-30-23(28)29/h1-4,14-15,20H,5-13H2. The number of carbonyl (C=O) groups is 1.